The Kier molecular flexibility index (Phi) is 6.48. The van der Waals surface area contributed by atoms with Crippen molar-refractivity contribution in [2.75, 3.05) is 39.2 Å². The number of methoxy groups -OCH3 is 1. The zero-order chi connectivity index (χ0) is 14.2. The Morgan fingerprint density at radius 3 is 2.55 bits per heavy atom. The van der Waals surface area contributed by atoms with Gasteiger partial charge in [0, 0.05) is 5.88 Å². The molecule has 1 aliphatic heterocycles. The van der Waals surface area contributed by atoms with Gasteiger partial charge in [0.15, 0.2) is 11.5 Å². The summed E-state index contributed by atoms with van der Waals surface area (Å²) in [5.74, 6) is 3.07. The van der Waals surface area contributed by atoms with Crippen molar-refractivity contribution in [1.82, 2.24) is 4.90 Å². The molecule has 0 bridgehead atoms. The van der Waals surface area contributed by atoms with E-state index >= 15 is 0 Å². The van der Waals surface area contributed by atoms with Gasteiger partial charge in [-0.15, -0.1) is 11.6 Å². The zero-order valence-corrected chi connectivity index (χ0v) is 12.9. The van der Waals surface area contributed by atoms with Gasteiger partial charge in [-0.1, -0.05) is 12.1 Å². The lowest BCUT2D eigenvalue weighted by Crippen LogP contribution is -2.36. The summed E-state index contributed by atoms with van der Waals surface area (Å²) in [5.41, 5.74) is 0. The molecular weight excluding hydrogens is 274 g/mol. The molecule has 1 aliphatic rings. The van der Waals surface area contributed by atoms with Gasteiger partial charge >= 0.3 is 0 Å². The second-order valence-corrected chi connectivity index (χ2v) is 5.67. The van der Waals surface area contributed by atoms with Crippen LogP contribution in [0.2, 0.25) is 0 Å². The number of ether oxygens (including phenoxy) is 2. The highest BCUT2D eigenvalue weighted by atomic mass is 35.5. The number of piperidine rings is 1. The molecule has 0 atom stereocenters. The molecule has 4 heteroatoms. The van der Waals surface area contributed by atoms with Crippen molar-refractivity contribution >= 4 is 11.6 Å². The number of halogens is 1. The summed E-state index contributed by atoms with van der Waals surface area (Å²) < 4.78 is 11.2. The molecule has 0 aromatic heterocycles. The molecular formula is C16H24ClNO2. The monoisotopic (exact) mass is 297 g/mol. The molecule has 0 saturated carbocycles. The van der Waals surface area contributed by atoms with Crippen LogP contribution in [0.3, 0.4) is 0 Å². The van der Waals surface area contributed by atoms with Gasteiger partial charge < -0.3 is 14.4 Å². The Morgan fingerprint density at radius 1 is 1.20 bits per heavy atom. The predicted molar refractivity (Wildman–Crippen MR) is 83.0 cm³/mol. The van der Waals surface area contributed by atoms with Gasteiger partial charge in [-0.3, -0.25) is 0 Å². The van der Waals surface area contributed by atoms with E-state index in [0.29, 0.717) is 5.92 Å². The topological polar surface area (TPSA) is 21.7 Å². The molecule has 2 rings (SSSR count). The maximum atomic E-state index is 5.92. The molecule has 1 fully saturated rings. The second kappa shape index (κ2) is 8.38. The number of hydrogen-bond acceptors (Lipinski definition) is 3. The van der Waals surface area contributed by atoms with Crippen molar-refractivity contribution in [2.24, 2.45) is 5.92 Å². The van der Waals surface area contributed by atoms with Gasteiger partial charge in [0.25, 0.3) is 0 Å². The highest BCUT2D eigenvalue weighted by Gasteiger charge is 2.19. The minimum absolute atomic E-state index is 0.646. The first-order valence-corrected chi connectivity index (χ1v) is 7.91. The van der Waals surface area contributed by atoms with Crippen LogP contribution in [0.25, 0.3) is 0 Å². The van der Waals surface area contributed by atoms with Crippen molar-refractivity contribution < 1.29 is 9.47 Å². The van der Waals surface area contributed by atoms with E-state index in [0.717, 1.165) is 50.0 Å². The van der Waals surface area contributed by atoms with Crippen molar-refractivity contribution in [3.63, 3.8) is 0 Å². The Hall–Kier alpha value is -0.930. The number of para-hydroxylation sites is 2. The van der Waals surface area contributed by atoms with Gasteiger partial charge in [0.2, 0.25) is 0 Å². The van der Waals surface area contributed by atoms with Gasteiger partial charge in [-0.2, -0.15) is 0 Å². The molecule has 112 valence electrons. The molecule has 1 saturated heterocycles. The Labute approximate surface area is 126 Å². The number of hydrogen-bond donors (Lipinski definition) is 0. The average Bonchev–Trinajstić information content (AvgIpc) is 2.52. The van der Waals surface area contributed by atoms with Crippen molar-refractivity contribution in [2.45, 2.75) is 19.3 Å². The first-order valence-electron chi connectivity index (χ1n) is 7.37. The van der Waals surface area contributed by atoms with Crippen LogP contribution < -0.4 is 9.47 Å². The maximum Gasteiger partial charge on any atom is 0.161 e. The van der Waals surface area contributed by atoms with E-state index in [1.165, 1.54) is 12.8 Å². The standard InChI is InChI=1S/C16H24ClNO2/c1-19-15-5-2-3-6-16(15)20-13-14-7-11-18(12-8-14)10-4-9-17/h2-3,5-6,14H,4,7-13H2,1H3. The smallest absolute Gasteiger partial charge is 0.161 e. The minimum Gasteiger partial charge on any atom is -0.493 e. The molecule has 0 aliphatic carbocycles. The Balaban J connectivity index is 1.73. The molecule has 0 spiro atoms. The maximum absolute atomic E-state index is 5.92. The van der Waals surface area contributed by atoms with Gasteiger partial charge in [-0.25, -0.2) is 0 Å². The van der Waals surface area contributed by atoms with E-state index in [1.807, 2.05) is 24.3 Å². The van der Waals surface area contributed by atoms with Crippen LogP contribution in [0.5, 0.6) is 11.5 Å². The van der Waals surface area contributed by atoms with Crippen molar-refractivity contribution in [3.8, 4) is 11.5 Å². The largest absolute Gasteiger partial charge is 0.493 e. The lowest BCUT2D eigenvalue weighted by molar-refractivity contribution is 0.140. The number of nitrogens with zero attached hydrogens (tertiary/aromatic N) is 1. The molecule has 0 unspecified atom stereocenters. The molecule has 1 aromatic carbocycles. The molecule has 20 heavy (non-hydrogen) atoms. The van der Waals surface area contributed by atoms with Crippen molar-refractivity contribution in [3.05, 3.63) is 24.3 Å². The molecule has 1 heterocycles. The summed E-state index contributed by atoms with van der Waals surface area (Å²) in [6.07, 6.45) is 3.50. The third kappa shape index (κ3) is 4.57. The van der Waals surface area contributed by atoms with Crippen LogP contribution in [0.15, 0.2) is 24.3 Å². The number of alkyl halides is 1. The summed E-state index contributed by atoms with van der Waals surface area (Å²) in [4.78, 5) is 2.50. The molecule has 3 nitrogen and oxygen atoms in total. The van der Waals surface area contributed by atoms with Crippen LogP contribution >= 0.6 is 11.6 Å². The fraction of sp³-hybridized carbons (Fsp3) is 0.625. The normalized spacial score (nSPS) is 17.1. The first-order chi connectivity index (χ1) is 9.83. The number of benzene rings is 1. The summed E-state index contributed by atoms with van der Waals surface area (Å²) in [7, 11) is 1.68. The first kappa shape index (κ1) is 15.5. The van der Waals surface area contributed by atoms with Crippen LogP contribution in [-0.4, -0.2) is 44.1 Å². The third-order valence-electron chi connectivity index (χ3n) is 3.86. The predicted octanol–water partition coefficient (Wildman–Crippen LogP) is 3.41. The van der Waals surface area contributed by atoms with E-state index in [1.54, 1.807) is 7.11 Å². The summed E-state index contributed by atoms with van der Waals surface area (Å²) in [5, 5.41) is 0. The second-order valence-electron chi connectivity index (χ2n) is 5.29. The fourth-order valence-electron chi connectivity index (χ4n) is 2.61. The Morgan fingerprint density at radius 2 is 1.90 bits per heavy atom. The minimum atomic E-state index is 0.646. The Bertz CT molecular complexity index is 392. The molecule has 0 N–H and O–H groups in total. The molecule has 0 radical (unpaired) electrons. The van der Waals surface area contributed by atoms with Crippen LogP contribution in [0, 0.1) is 5.92 Å². The van der Waals surface area contributed by atoms with Gasteiger partial charge in [-0.05, 0) is 56.9 Å². The lowest BCUT2D eigenvalue weighted by Gasteiger charge is -2.31. The molecule has 0 amide bonds. The average molecular weight is 298 g/mol. The highest BCUT2D eigenvalue weighted by Crippen LogP contribution is 2.27. The zero-order valence-electron chi connectivity index (χ0n) is 12.2. The fourth-order valence-corrected chi connectivity index (χ4v) is 2.73. The summed E-state index contributed by atoms with van der Waals surface area (Å²) in [6.45, 7) is 4.24. The lowest BCUT2D eigenvalue weighted by atomic mass is 9.98. The van der Waals surface area contributed by atoms with Gasteiger partial charge in [0.05, 0.1) is 13.7 Å². The van der Waals surface area contributed by atoms with E-state index in [4.69, 9.17) is 21.1 Å². The number of rotatable bonds is 7. The summed E-state index contributed by atoms with van der Waals surface area (Å²) >= 11 is 5.74. The van der Waals surface area contributed by atoms with E-state index in [9.17, 15) is 0 Å². The van der Waals surface area contributed by atoms with Crippen LogP contribution in [0.1, 0.15) is 19.3 Å². The van der Waals surface area contributed by atoms with Gasteiger partial charge in [0.1, 0.15) is 0 Å². The third-order valence-corrected chi connectivity index (χ3v) is 4.13. The molecule has 1 aromatic rings. The van der Waals surface area contributed by atoms with E-state index < -0.39 is 0 Å². The van der Waals surface area contributed by atoms with Crippen molar-refractivity contribution in [1.29, 1.82) is 0 Å². The quantitative estimate of drug-likeness (QED) is 0.720. The summed E-state index contributed by atoms with van der Waals surface area (Å²) in [6, 6.07) is 7.84. The van der Waals surface area contributed by atoms with Crippen LogP contribution in [0.4, 0.5) is 0 Å². The van der Waals surface area contributed by atoms with E-state index in [-0.39, 0.29) is 0 Å². The van der Waals surface area contributed by atoms with E-state index in [2.05, 4.69) is 4.90 Å². The van der Waals surface area contributed by atoms with Crippen LogP contribution in [-0.2, 0) is 0 Å². The SMILES string of the molecule is COc1ccccc1OCC1CCN(CCCCl)CC1. The highest BCUT2D eigenvalue weighted by molar-refractivity contribution is 6.17. The number of likely N-dealkylation sites (tertiary alicyclic amines) is 1.